The van der Waals surface area contributed by atoms with Crippen LogP contribution >= 0.6 is 22.6 Å². The molecule has 2 aromatic heterocycles. The number of alkyl halides is 3. The topological polar surface area (TPSA) is 180 Å². The van der Waals surface area contributed by atoms with Crippen LogP contribution in [0.1, 0.15) is 35.1 Å². The van der Waals surface area contributed by atoms with Gasteiger partial charge in [-0.15, -0.1) is 0 Å². The second kappa shape index (κ2) is 18.0. The summed E-state index contributed by atoms with van der Waals surface area (Å²) >= 11 is 2.23. The molecule has 0 saturated carbocycles. The van der Waals surface area contributed by atoms with E-state index in [0.717, 1.165) is 33.4 Å². The summed E-state index contributed by atoms with van der Waals surface area (Å²) in [6.07, 6.45) is -7.10. The highest BCUT2D eigenvalue weighted by Gasteiger charge is 2.45. The van der Waals surface area contributed by atoms with Crippen molar-refractivity contribution in [3.05, 3.63) is 93.6 Å². The van der Waals surface area contributed by atoms with Crippen molar-refractivity contribution in [2.75, 3.05) is 26.3 Å². The lowest BCUT2D eigenvalue weighted by atomic mass is 9.96. The molecule has 0 bridgehead atoms. The van der Waals surface area contributed by atoms with Crippen LogP contribution in [0.25, 0.3) is 0 Å². The Kier molecular flexibility index (Phi) is 13.4. The van der Waals surface area contributed by atoms with E-state index in [0.29, 0.717) is 37.6 Å². The first kappa shape index (κ1) is 38.9. The molecule has 0 spiro atoms. The van der Waals surface area contributed by atoms with Crippen molar-refractivity contribution in [3.63, 3.8) is 0 Å². The molecule has 3 heterocycles. The fourth-order valence-electron chi connectivity index (χ4n) is 5.09. The molecule has 4 aromatic rings. The van der Waals surface area contributed by atoms with Gasteiger partial charge in [0, 0.05) is 12.6 Å². The van der Waals surface area contributed by atoms with E-state index in [1.807, 2.05) is 30.3 Å². The predicted molar refractivity (Wildman–Crippen MR) is 188 cm³/mol. The number of aromatic nitrogens is 3. The Bertz CT molecular complexity index is 1770. The van der Waals surface area contributed by atoms with Crippen molar-refractivity contribution in [2.24, 2.45) is 5.73 Å². The first-order valence-electron chi connectivity index (χ1n) is 16.3. The van der Waals surface area contributed by atoms with Gasteiger partial charge in [-0.2, -0.15) is 13.2 Å². The average molecular weight is 840 g/mol. The van der Waals surface area contributed by atoms with Crippen molar-refractivity contribution in [3.8, 4) is 29.0 Å². The van der Waals surface area contributed by atoms with Gasteiger partial charge in [0.25, 0.3) is 5.91 Å². The van der Waals surface area contributed by atoms with Gasteiger partial charge in [0.2, 0.25) is 11.8 Å². The van der Waals surface area contributed by atoms with Gasteiger partial charge in [0.05, 0.1) is 28.7 Å². The molecular weight excluding hydrogens is 802 g/mol. The number of halogens is 4. The van der Waals surface area contributed by atoms with Crippen LogP contribution in [-0.4, -0.2) is 87.9 Å². The van der Waals surface area contributed by atoms with E-state index in [4.69, 9.17) is 29.4 Å². The molecule has 5 atom stereocenters. The van der Waals surface area contributed by atoms with Crippen LogP contribution in [0.3, 0.4) is 0 Å². The van der Waals surface area contributed by atoms with Crippen LogP contribution in [0.4, 0.5) is 13.2 Å². The number of benzene rings is 2. The zero-order valence-corrected chi connectivity index (χ0v) is 30.0. The molecule has 5 N–H and O–H groups in total. The zero-order valence-electron chi connectivity index (χ0n) is 27.8. The van der Waals surface area contributed by atoms with E-state index < -0.39 is 54.2 Å². The maximum Gasteiger partial charge on any atom is 0.433 e. The van der Waals surface area contributed by atoms with E-state index in [9.17, 15) is 28.2 Å². The molecule has 1 fully saturated rings. The molecule has 1 aliphatic heterocycles. The van der Waals surface area contributed by atoms with Gasteiger partial charge in [-0.1, -0.05) is 12.1 Å². The van der Waals surface area contributed by atoms with Crippen molar-refractivity contribution in [1.29, 1.82) is 0 Å². The minimum Gasteiger partial charge on any atom is -0.494 e. The number of nitrogens with zero attached hydrogens (tertiary/aromatic N) is 3. The highest BCUT2D eigenvalue weighted by atomic mass is 127. The number of amides is 1. The van der Waals surface area contributed by atoms with Gasteiger partial charge in [0.15, 0.2) is 6.10 Å². The number of nitrogens with one attached hydrogen (secondary N) is 1. The van der Waals surface area contributed by atoms with Crippen LogP contribution in [0.15, 0.2) is 73.1 Å². The predicted octanol–water partition coefficient (Wildman–Crippen LogP) is 4.32. The van der Waals surface area contributed by atoms with Crippen LogP contribution in [0.2, 0.25) is 0 Å². The lowest BCUT2D eigenvalue weighted by Gasteiger charge is -2.41. The number of carbonyl (C=O) groups excluding carboxylic acids is 1. The number of aliphatic hydroxyl groups is 2. The maximum absolute atomic E-state index is 13.1. The number of carbonyl (C=O) groups is 1. The summed E-state index contributed by atoms with van der Waals surface area (Å²) in [5.41, 5.74) is 5.64. The standard InChI is InChI=1S/C35H37F3IN5O8/c1-20-31(45)32(46)33(52-29-5-2-4-28(44-29)35(36,37)38)27(50-20)19-49-30-18-42-25(17-43-30)34(47)41-14-3-15-48-22-7-9-23(10-8-22)51-26-11-6-21(12-13-40)16-24(26)39/h2,4-11,16-18,20,27,31-33,45-46H,3,12-15,19,40H2,1H3,(H,41,47)/t20-,27-,31+,32+,33+/m1/s1. The van der Waals surface area contributed by atoms with E-state index in [1.54, 1.807) is 12.1 Å². The molecule has 0 radical (unpaired) electrons. The Labute approximate surface area is 310 Å². The number of hydrogen-bond acceptors (Lipinski definition) is 12. The quantitative estimate of drug-likeness (QED) is 0.0986. The molecule has 5 rings (SSSR count). The Balaban J connectivity index is 1.05. The van der Waals surface area contributed by atoms with Gasteiger partial charge in [-0.3, -0.25) is 4.79 Å². The molecule has 52 heavy (non-hydrogen) atoms. The summed E-state index contributed by atoms with van der Waals surface area (Å²) in [6, 6.07) is 16.3. The largest absolute Gasteiger partial charge is 0.494 e. The normalized spacial score (nSPS) is 20.2. The molecular formula is C35H37F3IN5O8. The van der Waals surface area contributed by atoms with Crippen molar-refractivity contribution in [1.82, 2.24) is 20.3 Å². The summed E-state index contributed by atoms with van der Waals surface area (Å²) in [4.78, 5) is 24.2. The molecule has 0 aliphatic carbocycles. The number of ether oxygens (including phenoxy) is 5. The minimum atomic E-state index is -4.71. The third kappa shape index (κ3) is 10.6. The van der Waals surface area contributed by atoms with Crippen molar-refractivity contribution >= 4 is 28.5 Å². The maximum atomic E-state index is 13.1. The second-order valence-corrected chi connectivity index (χ2v) is 12.9. The summed E-state index contributed by atoms with van der Waals surface area (Å²) < 4.78 is 69.1. The monoisotopic (exact) mass is 839 g/mol. The molecule has 2 aromatic carbocycles. The Morgan fingerprint density at radius 1 is 1.00 bits per heavy atom. The average Bonchev–Trinajstić information content (AvgIpc) is 3.13. The number of aliphatic hydroxyl groups excluding tert-OH is 2. The molecule has 278 valence electrons. The van der Waals surface area contributed by atoms with Crippen molar-refractivity contribution < 1.29 is 51.9 Å². The third-order valence-corrected chi connectivity index (χ3v) is 8.65. The van der Waals surface area contributed by atoms with Crippen LogP contribution < -0.4 is 30.0 Å². The minimum absolute atomic E-state index is 0.00401. The lowest BCUT2D eigenvalue weighted by molar-refractivity contribution is -0.216. The lowest BCUT2D eigenvalue weighted by Crippen LogP contribution is -2.60. The van der Waals surface area contributed by atoms with Crippen LogP contribution in [-0.2, 0) is 17.3 Å². The molecule has 0 unspecified atom stereocenters. The SMILES string of the molecule is C[C@H]1O[C@H](COc2cnc(C(=O)NCCCOc3ccc(Oc4ccc(CCN)cc4I)cc3)cn2)[C@H](Oc2cccc(C(F)(F)F)n2)[C@@H](O)[C@H]1O. The number of nitrogens with two attached hydrogens (primary N) is 1. The van der Waals surface area contributed by atoms with Gasteiger partial charge in [-0.25, -0.2) is 15.0 Å². The number of hydrogen-bond donors (Lipinski definition) is 4. The van der Waals surface area contributed by atoms with Gasteiger partial charge in [0.1, 0.15) is 53.6 Å². The Morgan fingerprint density at radius 3 is 2.46 bits per heavy atom. The van der Waals surface area contributed by atoms with E-state index >= 15 is 0 Å². The molecule has 1 amide bonds. The van der Waals surface area contributed by atoms with E-state index in [-0.39, 0.29) is 18.2 Å². The molecule has 1 aliphatic rings. The summed E-state index contributed by atoms with van der Waals surface area (Å²) in [5.74, 6) is 1.19. The Hall–Kier alpha value is -4.30. The zero-order chi connectivity index (χ0) is 37.3. The summed E-state index contributed by atoms with van der Waals surface area (Å²) in [6.45, 7) is 2.48. The summed E-state index contributed by atoms with van der Waals surface area (Å²) in [7, 11) is 0. The van der Waals surface area contributed by atoms with Gasteiger partial charge >= 0.3 is 6.18 Å². The second-order valence-electron chi connectivity index (χ2n) is 11.7. The number of pyridine rings is 1. The molecule has 17 heteroatoms. The van der Waals surface area contributed by atoms with E-state index in [1.165, 1.54) is 25.4 Å². The Morgan fingerprint density at radius 2 is 1.77 bits per heavy atom. The van der Waals surface area contributed by atoms with Gasteiger partial charge < -0.3 is 44.9 Å². The highest BCUT2D eigenvalue weighted by Crippen LogP contribution is 2.31. The highest BCUT2D eigenvalue weighted by molar-refractivity contribution is 14.1. The smallest absolute Gasteiger partial charge is 0.433 e. The van der Waals surface area contributed by atoms with Crippen LogP contribution in [0, 0.1) is 3.57 Å². The fourth-order valence-corrected chi connectivity index (χ4v) is 5.78. The summed E-state index contributed by atoms with van der Waals surface area (Å²) in [5, 5.41) is 23.7. The van der Waals surface area contributed by atoms with Crippen molar-refractivity contribution in [2.45, 2.75) is 56.5 Å². The number of rotatable bonds is 15. The first-order valence-corrected chi connectivity index (χ1v) is 17.3. The van der Waals surface area contributed by atoms with Crippen LogP contribution in [0.5, 0.6) is 29.0 Å². The fraction of sp³-hybridized carbons (Fsp3) is 0.371. The first-order chi connectivity index (χ1) is 24.9. The van der Waals surface area contributed by atoms with Gasteiger partial charge in [-0.05, 0) is 96.9 Å². The van der Waals surface area contributed by atoms with E-state index in [2.05, 4.69) is 42.9 Å². The molecule has 1 saturated heterocycles. The molecule has 13 nitrogen and oxygen atoms in total. The third-order valence-electron chi connectivity index (χ3n) is 7.81.